The van der Waals surface area contributed by atoms with E-state index in [2.05, 4.69) is 10.3 Å². The number of thiazole rings is 1. The maximum atomic E-state index is 10.5. The van der Waals surface area contributed by atoms with Crippen molar-refractivity contribution in [2.45, 2.75) is 26.3 Å². The molecule has 5 heteroatoms. The zero-order chi connectivity index (χ0) is 13.7. The highest BCUT2D eigenvalue weighted by atomic mass is 32.1. The average Bonchev–Trinajstić information content (AvgIpc) is 2.81. The van der Waals surface area contributed by atoms with Crippen LogP contribution in [0.2, 0.25) is 0 Å². The van der Waals surface area contributed by atoms with Gasteiger partial charge in [0.2, 0.25) is 0 Å². The summed E-state index contributed by atoms with van der Waals surface area (Å²) in [5, 5.41) is 15.0. The van der Waals surface area contributed by atoms with Gasteiger partial charge in [0.1, 0.15) is 5.01 Å². The van der Waals surface area contributed by atoms with Crippen molar-refractivity contribution in [3.63, 3.8) is 0 Å². The summed E-state index contributed by atoms with van der Waals surface area (Å²) >= 11 is 1.64. The molecule has 0 atom stereocenters. The smallest absolute Gasteiger partial charge is 0.303 e. The van der Waals surface area contributed by atoms with E-state index in [0.29, 0.717) is 13.0 Å². The van der Waals surface area contributed by atoms with Gasteiger partial charge in [-0.3, -0.25) is 4.79 Å². The van der Waals surface area contributed by atoms with Crippen molar-refractivity contribution < 1.29 is 9.90 Å². The van der Waals surface area contributed by atoms with Gasteiger partial charge < -0.3 is 10.4 Å². The Morgan fingerprint density at radius 2 is 2.11 bits per heavy atom. The molecular weight excluding hydrogens is 260 g/mol. The Hall–Kier alpha value is -1.88. The molecule has 2 aromatic rings. The van der Waals surface area contributed by atoms with Crippen molar-refractivity contribution in [1.29, 1.82) is 0 Å². The van der Waals surface area contributed by atoms with E-state index in [1.54, 1.807) is 11.3 Å². The Balaban J connectivity index is 1.86. The number of aromatic nitrogens is 1. The van der Waals surface area contributed by atoms with Gasteiger partial charge >= 0.3 is 5.97 Å². The average molecular weight is 276 g/mol. The van der Waals surface area contributed by atoms with Crippen molar-refractivity contribution in [3.8, 4) is 0 Å². The van der Waals surface area contributed by atoms with Gasteiger partial charge in [-0.2, -0.15) is 0 Å². The van der Waals surface area contributed by atoms with Crippen LogP contribution >= 0.6 is 11.3 Å². The molecule has 0 radical (unpaired) electrons. The van der Waals surface area contributed by atoms with Crippen LogP contribution in [0.15, 0.2) is 29.6 Å². The minimum Gasteiger partial charge on any atom is -0.481 e. The molecular formula is C14H16N2O2S. The number of carboxylic acids is 1. The second kappa shape index (κ2) is 6.33. The molecule has 0 unspecified atom stereocenters. The lowest BCUT2D eigenvalue weighted by Gasteiger charge is -2.05. The fourth-order valence-electron chi connectivity index (χ4n) is 1.70. The maximum Gasteiger partial charge on any atom is 0.303 e. The summed E-state index contributed by atoms with van der Waals surface area (Å²) in [5.74, 6) is -0.763. The van der Waals surface area contributed by atoms with Gasteiger partial charge in [0, 0.05) is 23.2 Å². The molecule has 2 N–H and O–H groups in total. The van der Waals surface area contributed by atoms with Crippen LogP contribution < -0.4 is 5.32 Å². The Bertz CT molecular complexity index is 549. The number of aliphatic carboxylic acids is 1. The molecule has 0 spiro atoms. The van der Waals surface area contributed by atoms with E-state index in [0.717, 1.165) is 22.0 Å². The first-order valence-electron chi connectivity index (χ1n) is 6.09. The molecule has 0 aliphatic rings. The lowest BCUT2D eigenvalue weighted by molar-refractivity contribution is -0.136. The van der Waals surface area contributed by atoms with E-state index >= 15 is 0 Å². The highest BCUT2D eigenvalue weighted by molar-refractivity contribution is 7.09. The first kappa shape index (κ1) is 13.5. The lowest BCUT2D eigenvalue weighted by atomic mass is 10.1. The molecule has 0 saturated carbocycles. The van der Waals surface area contributed by atoms with Crippen molar-refractivity contribution in [2.75, 3.05) is 5.32 Å². The standard InChI is InChI=1S/C14H16N2O2S/c1-10-9-19-13(16-10)8-15-12-5-2-11(3-6-12)4-7-14(17)18/h2-3,5-6,9,15H,4,7-8H2,1H3,(H,17,18). The second-order valence-corrected chi connectivity index (χ2v) is 5.27. The molecule has 0 fully saturated rings. The molecule has 0 saturated heterocycles. The largest absolute Gasteiger partial charge is 0.481 e. The SMILES string of the molecule is Cc1csc(CNc2ccc(CCC(=O)O)cc2)n1. The van der Waals surface area contributed by atoms with E-state index in [1.165, 1.54) is 0 Å². The van der Waals surface area contributed by atoms with E-state index in [4.69, 9.17) is 5.11 Å². The van der Waals surface area contributed by atoms with Crippen LogP contribution in [-0.4, -0.2) is 16.1 Å². The Labute approximate surface area is 116 Å². The molecule has 1 heterocycles. The van der Waals surface area contributed by atoms with Crippen LogP contribution in [0.1, 0.15) is 22.7 Å². The Morgan fingerprint density at radius 3 is 2.68 bits per heavy atom. The van der Waals surface area contributed by atoms with Crippen LogP contribution in [0.25, 0.3) is 0 Å². The molecule has 0 bridgehead atoms. The minimum atomic E-state index is -0.763. The van der Waals surface area contributed by atoms with Crippen molar-refractivity contribution >= 4 is 23.0 Å². The molecule has 0 amide bonds. The molecule has 0 aliphatic carbocycles. The normalized spacial score (nSPS) is 10.4. The zero-order valence-corrected chi connectivity index (χ0v) is 11.5. The van der Waals surface area contributed by atoms with Gasteiger partial charge in [-0.25, -0.2) is 4.98 Å². The summed E-state index contributed by atoms with van der Waals surface area (Å²) in [6.07, 6.45) is 0.743. The minimum absolute atomic E-state index is 0.172. The molecule has 100 valence electrons. The number of aryl methyl sites for hydroxylation is 2. The van der Waals surface area contributed by atoms with Crippen LogP contribution in [-0.2, 0) is 17.8 Å². The van der Waals surface area contributed by atoms with Gasteiger partial charge in [-0.05, 0) is 31.0 Å². The van der Waals surface area contributed by atoms with Crippen LogP contribution in [0.4, 0.5) is 5.69 Å². The van der Waals surface area contributed by atoms with E-state index in [1.807, 2.05) is 36.6 Å². The van der Waals surface area contributed by atoms with Crippen molar-refractivity contribution in [1.82, 2.24) is 4.98 Å². The van der Waals surface area contributed by atoms with Crippen LogP contribution in [0.5, 0.6) is 0 Å². The number of anilines is 1. The topological polar surface area (TPSA) is 62.2 Å². The summed E-state index contributed by atoms with van der Waals surface area (Å²) in [5.41, 5.74) is 3.11. The van der Waals surface area contributed by atoms with E-state index < -0.39 is 5.97 Å². The highest BCUT2D eigenvalue weighted by Crippen LogP contribution is 2.14. The van der Waals surface area contributed by atoms with Crippen LogP contribution in [0, 0.1) is 6.92 Å². The number of benzene rings is 1. The van der Waals surface area contributed by atoms with E-state index in [-0.39, 0.29) is 6.42 Å². The highest BCUT2D eigenvalue weighted by Gasteiger charge is 2.01. The maximum absolute atomic E-state index is 10.5. The fourth-order valence-corrected chi connectivity index (χ4v) is 2.41. The van der Waals surface area contributed by atoms with Gasteiger partial charge in [0.25, 0.3) is 0 Å². The molecule has 1 aromatic heterocycles. The monoisotopic (exact) mass is 276 g/mol. The third-order valence-corrected chi connectivity index (χ3v) is 3.66. The zero-order valence-electron chi connectivity index (χ0n) is 10.7. The van der Waals surface area contributed by atoms with Crippen molar-refractivity contribution in [3.05, 3.63) is 45.9 Å². The molecule has 4 nitrogen and oxygen atoms in total. The first-order chi connectivity index (χ1) is 9.13. The molecule has 2 rings (SSSR count). The lowest BCUT2D eigenvalue weighted by Crippen LogP contribution is -2.00. The van der Waals surface area contributed by atoms with Gasteiger partial charge in [0.05, 0.1) is 6.54 Å². The summed E-state index contributed by atoms with van der Waals surface area (Å²) in [6, 6.07) is 7.85. The Morgan fingerprint density at radius 1 is 1.37 bits per heavy atom. The third-order valence-electron chi connectivity index (χ3n) is 2.69. The predicted molar refractivity (Wildman–Crippen MR) is 76.6 cm³/mol. The number of carbonyl (C=O) groups is 1. The number of carboxylic acid groups (broad SMARTS) is 1. The number of nitrogens with zero attached hydrogens (tertiary/aromatic N) is 1. The number of rotatable bonds is 6. The Kier molecular flexibility index (Phi) is 4.52. The number of hydrogen-bond donors (Lipinski definition) is 2. The summed E-state index contributed by atoms with van der Waals surface area (Å²) in [6.45, 7) is 2.70. The summed E-state index contributed by atoms with van der Waals surface area (Å²) in [7, 11) is 0. The summed E-state index contributed by atoms with van der Waals surface area (Å²) in [4.78, 5) is 14.9. The van der Waals surface area contributed by atoms with Gasteiger partial charge in [-0.15, -0.1) is 11.3 Å². The first-order valence-corrected chi connectivity index (χ1v) is 6.97. The van der Waals surface area contributed by atoms with E-state index in [9.17, 15) is 4.79 Å². The summed E-state index contributed by atoms with van der Waals surface area (Å²) < 4.78 is 0. The van der Waals surface area contributed by atoms with Gasteiger partial charge in [0.15, 0.2) is 0 Å². The molecule has 0 aliphatic heterocycles. The quantitative estimate of drug-likeness (QED) is 0.851. The third kappa shape index (κ3) is 4.37. The fraction of sp³-hybridized carbons (Fsp3) is 0.286. The van der Waals surface area contributed by atoms with Gasteiger partial charge in [-0.1, -0.05) is 12.1 Å². The number of nitrogens with one attached hydrogen (secondary N) is 1. The molecule has 1 aromatic carbocycles. The second-order valence-electron chi connectivity index (χ2n) is 4.33. The number of hydrogen-bond acceptors (Lipinski definition) is 4. The van der Waals surface area contributed by atoms with Crippen molar-refractivity contribution in [2.24, 2.45) is 0 Å². The predicted octanol–water partition coefficient (Wildman–Crippen LogP) is 3.08. The molecule has 19 heavy (non-hydrogen) atoms. The van der Waals surface area contributed by atoms with Crippen LogP contribution in [0.3, 0.4) is 0 Å².